The van der Waals surface area contributed by atoms with Crippen LogP contribution in [-0.2, 0) is 25.3 Å². The molecule has 2 heterocycles. The summed E-state index contributed by atoms with van der Waals surface area (Å²) in [5.74, 6) is -1.37. The maximum atomic E-state index is 12.9. The van der Waals surface area contributed by atoms with Crippen molar-refractivity contribution < 1.29 is 32.6 Å². The van der Waals surface area contributed by atoms with Crippen LogP contribution < -0.4 is 10.1 Å². The second kappa shape index (κ2) is 12.2. The predicted octanol–water partition coefficient (Wildman–Crippen LogP) is 5.16. The molecule has 0 bridgehead atoms. The highest BCUT2D eigenvalue weighted by Crippen LogP contribution is 2.44. The molecule has 5 rings (SSSR count). The fourth-order valence-electron chi connectivity index (χ4n) is 5.18. The minimum atomic E-state index is -3.39. The van der Waals surface area contributed by atoms with E-state index in [1.165, 1.54) is 7.11 Å². The highest BCUT2D eigenvalue weighted by atomic mass is 32.2. The van der Waals surface area contributed by atoms with Crippen molar-refractivity contribution in [3.63, 3.8) is 0 Å². The van der Waals surface area contributed by atoms with E-state index in [0.717, 1.165) is 45.9 Å². The van der Waals surface area contributed by atoms with E-state index in [2.05, 4.69) is 5.32 Å². The lowest BCUT2D eigenvalue weighted by Gasteiger charge is -2.32. The Morgan fingerprint density at radius 1 is 1.07 bits per heavy atom. The number of aromatic carboxylic acids is 1. The van der Waals surface area contributed by atoms with Gasteiger partial charge in [0.25, 0.3) is 0 Å². The zero-order valence-corrected chi connectivity index (χ0v) is 24.7. The van der Waals surface area contributed by atoms with Gasteiger partial charge in [0.1, 0.15) is 5.75 Å². The molecule has 2 aromatic carbocycles. The van der Waals surface area contributed by atoms with Crippen LogP contribution in [0.2, 0.25) is 0 Å². The molecule has 2 N–H and O–H groups in total. The second-order valence-electron chi connectivity index (χ2n) is 10.6. The molecule has 218 valence electrons. The van der Waals surface area contributed by atoms with E-state index >= 15 is 0 Å². The first-order valence-corrected chi connectivity index (χ1v) is 16.1. The number of hydrogen-bond acceptors (Lipinski definition) is 8. The maximum absolute atomic E-state index is 12.9. The molecule has 3 aromatic rings. The number of sulfonamides is 1. The van der Waals surface area contributed by atoms with Gasteiger partial charge in [-0.25, -0.2) is 22.3 Å². The lowest BCUT2D eigenvalue weighted by Crippen LogP contribution is -2.42. The summed E-state index contributed by atoms with van der Waals surface area (Å²) in [4.78, 5) is 25.2. The molecule has 2 aliphatic rings. The van der Waals surface area contributed by atoms with Crippen LogP contribution in [0.3, 0.4) is 0 Å². The van der Waals surface area contributed by atoms with E-state index in [1.54, 1.807) is 11.2 Å². The van der Waals surface area contributed by atoms with Crippen LogP contribution in [0.15, 0.2) is 54.6 Å². The van der Waals surface area contributed by atoms with Crippen molar-refractivity contribution >= 4 is 39.0 Å². The molecule has 1 saturated heterocycles. The number of carbonyl (C=O) groups excluding carboxylic acids is 1. The van der Waals surface area contributed by atoms with E-state index in [0.29, 0.717) is 31.5 Å². The molecule has 1 aliphatic carbocycles. The number of methoxy groups -OCH3 is 1. The summed E-state index contributed by atoms with van der Waals surface area (Å²) in [5, 5.41) is 13.4. The first kappa shape index (κ1) is 29.1. The summed E-state index contributed by atoms with van der Waals surface area (Å²) >= 11 is 1.12. The summed E-state index contributed by atoms with van der Waals surface area (Å²) < 4.78 is 38.3. The quantitative estimate of drug-likeness (QED) is 0.290. The van der Waals surface area contributed by atoms with Crippen molar-refractivity contribution in [3.8, 4) is 16.2 Å². The Bertz CT molecular complexity index is 1510. The van der Waals surface area contributed by atoms with E-state index < -0.39 is 28.1 Å². The first-order chi connectivity index (χ1) is 19.7. The molecule has 1 unspecified atom stereocenters. The Morgan fingerprint density at radius 2 is 1.78 bits per heavy atom. The molecule has 41 heavy (non-hydrogen) atoms. The fraction of sp³-hybridized carbons (Fsp3) is 0.400. The molecule has 0 amide bonds. The maximum Gasteiger partial charge on any atom is 0.349 e. The van der Waals surface area contributed by atoms with E-state index in [1.807, 2.05) is 54.6 Å². The molecule has 1 aliphatic heterocycles. The highest BCUT2D eigenvalue weighted by molar-refractivity contribution is 7.88. The molecule has 2 fully saturated rings. The SMILES string of the molecule is COC(=O)C(Oc1c(C(=O)O)sc(-c2cccc(NC3CCN(S(=O)(=O)Cc4ccccc4)CC3)c2)c1C)C1CC1. The molecular formula is C30H34N2O7S2. The summed E-state index contributed by atoms with van der Waals surface area (Å²) in [7, 11) is -2.09. The van der Waals surface area contributed by atoms with Crippen molar-refractivity contribution in [2.24, 2.45) is 5.92 Å². The predicted molar refractivity (Wildman–Crippen MR) is 158 cm³/mol. The van der Waals surface area contributed by atoms with Gasteiger partial charge < -0.3 is 19.9 Å². The van der Waals surface area contributed by atoms with Gasteiger partial charge in [0, 0.05) is 41.2 Å². The lowest BCUT2D eigenvalue weighted by molar-refractivity contribution is -0.149. The van der Waals surface area contributed by atoms with Gasteiger partial charge in [0.05, 0.1) is 12.9 Å². The first-order valence-electron chi connectivity index (χ1n) is 13.7. The van der Waals surface area contributed by atoms with Gasteiger partial charge in [-0.3, -0.25) is 0 Å². The molecule has 11 heteroatoms. The zero-order chi connectivity index (χ0) is 29.1. The van der Waals surface area contributed by atoms with Crippen molar-refractivity contribution in [2.45, 2.75) is 50.5 Å². The van der Waals surface area contributed by atoms with E-state index in [-0.39, 0.29) is 28.3 Å². The number of carboxylic acid groups (broad SMARTS) is 1. The Balaban J connectivity index is 1.28. The van der Waals surface area contributed by atoms with Crippen LogP contribution in [-0.4, -0.2) is 62.1 Å². The van der Waals surface area contributed by atoms with Crippen molar-refractivity contribution in [1.29, 1.82) is 0 Å². The van der Waals surface area contributed by atoms with Crippen molar-refractivity contribution in [3.05, 3.63) is 70.6 Å². The second-order valence-corrected chi connectivity index (χ2v) is 13.5. The molecule has 0 radical (unpaired) electrons. The normalized spacial score (nSPS) is 17.1. The van der Waals surface area contributed by atoms with Crippen molar-refractivity contribution in [2.75, 3.05) is 25.5 Å². The average Bonchev–Trinajstić information content (AvgIpc) is 3.75. The smallest absolute Gasteiger partial charge is 0.349 e. The van der Waals surface area contributed by atoms with Gasteiger partial charge in [0.2, 0.25) is 10.0 Å². The summed E-state index contributed by atoms with van der Waals surface area (Å²) in [6, 6.07) is 17.0. The number of esters is 1. The molecule has 9 nitrogen and oxygen atoms in total. The number of thiophene rings is 1. The van der Waals surface area contributed by atoms with Gasteiger partial charge in [-0.15, -0.1) is 11.3 Å². The van der Waals surface area contributed by atoms with Crippen LogP contribution in [0.1, 0.15) is 46.5 Å². The third-order valence-corrected chi connectivity index (χ3v) is 10.7. The van der Waals surface area contributed by atoms with Crippen LogP contribution in [0, 0.1) is 12.8 Å². The van der Waals surface area contributed by atoms with Gasteiger partial charge in [0.15, 0.2) is 11.0 Å². The van der Waals surface area contributed by atoms with E-state index in [4.69, 9.17) is 9.47 Å². The molecule has 0 spiro atoms. The third kappa shape index (κ3) is 6.74. The molecule has 1 saturated carbocycles. The Morgan fingerprint density at radius 3 is 2.41 bits per heavy atom. The van der Waals surface area contributed by atoms with Crippen LogP contribution in [0.25, 0.3) is 10.4 Å². The van der Waals surface area contributed by atoms with Crippen molar-refractivity contribution in [1.82, 2.24) is 4.31 Å². The fourth-order valence-corrected chi connectivity index (χ4v) is 7.82. The Labute approximate surface area is 244 Å². The molecular weight excluding hydrogens is 564 g/mol. The number of anilines is 1. The number of nitrogens with one attached hydrogen (secondary N) is 1. The number of nitrogens with zero attached hydrogens (tertiary/aromatic N) is 1. The topological polar surface area (TPSA) is 122 Å². The number of carbonyl (C=O) groups is 2. The monoisotopic (exact) mass is 598 g/mol. The van der Waals surface area contributed by atoms with Gasteiger partial charge >= 0.3 is 11.9 Å². The lowest BCUT2D eigenvalue weighted by atomic mass is 10.0. The number of hydrogen-bond donors (Lipinski definition) is 2. The standard InChI is InChI=1S/C30H34N2O7S2/c1-19-25(39-26(21-11-12-21)30(35)38-2)28(29(33)34)40-27(19)22-9-6-10-24(17-22)31-23-13-15-32(16-14-23)41(36,37)18-20-7-4-3-5-8-20/h3-10,17,21,23,26,31H,11-16,18H2,1-2H3,(H,33,34). The number of ether oxygens (including phenoxy) is 2. The number of carboxylic acids is 1. The highest BCUT2D eigenvalue weighted by Gasteiger charge is 2.40. The van der Waals surface area contributed by atoms with E-state index in [9.17, 15) is 23.1 Å². The van der Waals surface area contributed by atoms with Gasteiger partial charge in [-0.1, -0.05) is 42.5 Å². The Hall–Kier alpha value is -3.41. The van der Waals surface area contributed by atoms with Crippen LogP contribution in [0.4, 0.5) is 5.69 Å². The molecule has 1 aromatic heterocycles. The third-order valence-electron chi connectivity index (χ3n) is 7.55. The van der Waals surface area contributed by atoms with Gasteiger partial charge in [-0.2, -0.15) is 0 Å². The van der Waals surface area contributed by atoms with Crippen LogP contribution in [0.5, 0.6) is 5.75 Å². The summed E-state index contributed by atoms with van der Waals surface area (Å²) in [5.41, 5.74) is 3.14. The Kier molecular flexibility index (Phi) is 8.67. The van der Waals surface area contributed by atoms with Gasteiger partial charge in [-0.05, 0) is 55.9 Å². The number of benzene rings is 2. The number of rotatable bonds is 11. The largest absolute Gasteiger partial charge is 0.477 e. The number of piperidine rings is 1. The molecule has 1 atom stereocenters. The minimum absolute atomic E-state index is 0.000783. The zero-order valence-electron chi connectivity index (χ0n) is 23.0. The average molecular weight is 599 g/mol. The summed E-state index contributed by atoms with van der Waals surface area (Å²) in [6.07, 6.45) is 2.20. The van der Waals surface area contributed by atoms with Crippen LogP contribution >= 0.6 is 11.3 Å². The minimum Gasteiger partial charge on any atom is -0.477 e. The summed E-state index contributed by atoms with van der Waals surface area (Å²) in [6.45, 7) is 2.70.